The van der Waals surface area contributed by atoms with Crippen molar-refractivity contribution >= 4 is 29.2 Å². The van der Waals surface area contributed by atoms with Crippen LogP contribution in [0.25, 0.3) is 0 Å². The van der Waals surface area contributed by atoms with Crippen molar-refractivity contribution in [1.29, 1.82) is 0 Å². The molecule has 0 spiro atoms. The first-order chi connectivity index (χ1) is 13.8. The van der Waals surface area contributed by atoms with Gasteiger partial charge in [0.1, 0.15) is 0 Å². The second-order valence-electron chi connectivity index (χ2n) is 6.32. The summed E-state index contributed by atoms with van der Waals surface area (Å²) in [6, 6.07) is 10.5. The van der Waals surface area contributed by atoms with E-state index in [4.69, 9.17) is 4.74 Å². The first-order valence-electron chi connectivity index (χ1n) is 8.81. The Hall–Kier alpha value is -3.75. The zero-order valence-corrected chi connectivity index (χ0v) is 16.1. The Morgan fingerprint density at radius 1 is 1.03 bits per heavy atom. The van der Waals surface area contributed by atoms with Gasteiger partial charge in [-0.2, -0.15) is 0 Å². The highest BCUT2D eigenvalue weighted by Gasteiger charge is 2.11. The van der Waals surface area contributed by atoms with Crippen molar-refractivity contribution in [3.8, 4) is 0 Å². The van der Waals surface area contributed by atoms with E-state index in [0.717, 1.165) is 11.1 Å². The highest BCUT2D eigenvalue weighted by molar-refractivity contribution is 5.95. The van der Waals surface area contributed by atoms with Gasteiger partial charge in [0.15, 0.2) is 6.61 Å². The molecule has 0 radical (unpaired) electrons. The molecule has 0 unspecified atom stereocenters. The molecule has 2 rings (SSSR count). The lowest BCUT2D eigenvalue weighted by molar-refractivity contribution is -0.384. The normalized spacial score (nSPS) is 10.1. The zero-order valence-electron chi connectivity index (χ0n) is 16.1. The predicted molar refractivity (Wildman–Crippen MR) is 106 cm³/mol. The maximum Gasteiger partial charge on any atom is 0.308 e. The molecule has 9 heteroatoms. The van der Waals surface area contributed by atoms with Crippen molar-refractivity contribution in [1.82, 2.24) is 5.32 Å². The number of anilines is 1. The molecule has 0 bridgehead atoms. The van der Waals surface area contributed by atoms with Crippen molar-refractivity contribution in [2.45, 2.75) is 20.3 Å². The third kappa shape index (κ3) is 6.73. The van der Waals surface area contributed by atoms with E-state index >= 15 is 0 Å². The fourth-order valence-electron chi connectivity index (χ4n) is 2.35. The van der Waals surface area contributed by atoms with E-state index in [1.807, 2.05) is 26.0 Å². The molecule has 2 N–H and O–H groups in total. The summed E-state index contributed by atoms with van der Waals surface area (Å²) in [5.41, 5.74) is 2.86. The largest absolute Gasteiger partial charge is 0.456 e. The van der Waals surface area contributed by atoms with Crippen LogP contribution < -0.4 is 10.6 Å². The minimum atomic E-state index is -0.635. The molecule has 0 aliphatic heterocycles. The molecular weight excluding hydrogens is 378 g/mol. The maximum atomic E-state index is 11.9. The van der Waals surface area contributed by atoms with Gasteiger partial charge in [0, 0.05) is 29.9 Å². The lowest BCUT2D eigenvalue weighted by atomic mass is 10.1. The molecule has 29 heavy (non-hydrogen) atoms. The summed E-state index contributed by atoms with van der Waals surface area (Å²) in [4.78, 5) is 45.5. The number of rotatable bonds is 8. The van der Waals surface area contributed by atoms with E-state index in [1.54, 1.807) is 6.07 Å². The molecule has 2 aromatic carbocycles. The van der Waals surface area contributed by atoms with Crippen molar-refractivity contribution in [3.63, 3.8) is 0 Å². The molecule has 0 aliphatic rings. The van der Waals surface area contributed by atoms with Gasteiger partial charge in [-0.25, -0.2) is 0 Å². The Morgan fingerprint density at radius 2 is 1.72 bits per heavy atom. The van der Waals surface area contributed by atoms with Crippen LogP contribution in [-0.2, 0) is 14.3 Å². The van der Waals surface area contributed by atoms with Crippen LogP contribution in [0.3, 0.4) is 0 Å². The van der Waals surface area contributed by atoms with Gasteiger partial charge in [-0.05, 0) is 49.2 Å². The standard InChI is InChI=1S/C20H21N3O6/c1-13-3-6-16(11-14(13)2)22-18(24)12-29-19(25)9-10-21-20(26)15-4-7-17(8-5-15)23(27)28/h3-8,11H,9-10,12H2,1-2H3,(H,21,26)(H,22,24). The molecule has 0 heterocycles. The number of non-ortho nitro benzene ring substituents is 1. The summed E-state index contributed by atoms with van der Waals surface area (Å²) >= 11 is 0. The number of nitrogens with one attached hydrogen (secondary N) is 2. The predicted octanol–water partition coefficient (Wildman–Crippen LogP) is 2.51. The van der Waals surface area contributed by atoms with Crippen molar-refractivity contribution < 1.29 is 24.0 Å². The maximum absolute atomic E-state index is 11.9. The third-order valence-electron chi connectivity index (χ3n) is 4.11. The number of amides is 2. The van der Waals surface area contributed by atoms with Crippen LogP contribution in [0.1, 0.15) is 27.9 Å². The Bertz CT molecular complexity index is 924. The molecule has 0 fully saturated rings. The monoisotopic (exact) mass is 399 g/mol. The van der Waals surface area contributed by atoms with Gasteiger partial charge in [-0.15, -0.1) is 0 Å². The van der Waals surface area contributed by atoms with Crippen LogP contribution in [0.2, 0.25) is 0 Å². The molecule has 2 amide bonds. The summed E-state index contributed by atoms with van der Waals surface area (Å²) in [5.74, 6) is -1.57. The summed E-state index contributed by atoms with van der Waals surface area (Å²) in [7, 11) is 0. The molecule has 0 aromatic heterocycles. The minimum absolute atomic E-state index is 0.00737. The number of esters is 1. The van der Waals surface area contributed by atoms with E-state index in [9.17, 15) is 24.5 Å². The second-order valence-corrected chi connectivity index (χ2v) is 6.32. The van der Waals surface area contributed by atoms with Crippen molar-refractivity contribution in [3.05, 3.63) is 69.3 Å². The summed E-state index contributed by atoms with van der Waals surface area (Å²) < 4.78 is 4.88. The topological polar surface area (TPSA) is 128 Å². The highest BCUT2D eigenvalue weighted by Crippen LogP contribution is 2.14. The Balaban J connectivity index is 1.69. The van der Waals surface area contributed by atoms with Gasteiger partial charge in [-0.1, -0.05) is 6.07 Å². The minimum Gasteiger partial charge on any atom is -0.456 e. The van der Waals surface area contributed by atoms with Crippen molar-refractivity contribution in [2.75, 3.05) is 18.5 Å². The molecule has 0 aliphatic carbocycles. The molecule has 0 saturated heterocycles. The van der Waals surface area contributed by atoms with E-state index in [2.05, 4.69) is 10.6 Å². The Kier molecular flexibility index (Phi) is 7.41. The SMILES string of the molecule is Cc1ccc(NC(=O)COC(=O)CCNC(=O)c2ccc([N+](=O)[O-])cc2)cc1C. The quantitative estimate of drug-likeness (QED) is 0.399. The van der Waals surface area contributed by atoms with Crippen LogP contribution in [0, 0.1) is 24.0 Å². The van der Waals surface area contributed by atoms with Crippen molar-refractivity contribution in [2.24, 2.45) is 0 Å². The average Bonchev–Trinajstić information content (AvgIpc) is 2.69. The van der Waals surface area contributed by atoms with Gasteiger partial charge in [0.05, 0.1) is 11.3 Å². The number of ether oxygens (including phenoxy) is 1. The Morgan fingerprint density at radius 3 is 2.34 bits per heavy atom. The highest BCUT2D eigenvalue weighted by atomic mass is 16.6. The number of aryl methyl sites for hydroxylation is 2. The van der Waals surface area contributed by atoms with Gasteiger partial charge in [0.2, 0.25) is 0 Å². The van der Waals surface area contributed by atoms with Gasteiger partial charge in [-0.3, -0.25) is 24.5 Å². The molecular formula is C20H21N3O6. The Labute approximate surface area is 167 Å². The number of nitro benzene ring substituents is 1. The number of benzene rings is 2. The molecule has 2 aromatic rings. The molecule has 0 saturated carbocycles. The fourth-order valence-corrected chi connectivity index (χ4v) is 2.35. The number of nitrogens with zero attached hydrogens (tertiary/aromatic N) is 1. The van der Waals surface area contributed by atoms with Gasteiger partial charge in [0.25, 0.3) is 17.5 Å². The molecule has 0 atom stereocenters. The van der Waals surface area contributed by atoms with E-state index in [-0.39, 0.29) is 24.2 Å². The van der Waals surface area contributed by atoms with Crippen LogP contribution in [-0.4, -0.2) is 35.9 Å². The number of hydrogen-bond donors (Lipinski definition) is 2. The summed E-state index contributed by atoms with van der Waals surface area (Å²) in [5, 5.41) is 15.7. The number of carbonyl (C=O) groups is 3. The van der Waals surface area contributed by atoms with Gasteiger partial charge < -0.3 is 15.4 Å². The average molecular weight is 399 g/mol. The smallest absolute Gasteiger partial charge is 0.308 e. The summed E-state index contributed by atoms with van der Waals surface area (Å²) in [6.07, 6.45) is -0.115. The lowest BCUT2D eigenvalue weighted by Crippen LogP contribution is -2.27. The van der Waals surface area contributed by atoms with Crippen LogP contribution in [0.4, 0.5) is 11.4 Å². The first-order valence-corrected chi connectivity index (χ1v) is 8.81. The van der Waals surface area contributed by atoms with E-state index in [1.165, 1.54) is 24.3 Å². The second kappa shape index (κ2) is 9.98. The zero-order chi connectivity index (χ0) is 21.4. The van der Waals surface area contributed by atoms with Crippen LogP contribution in [0.5, 0.6) is 0 Å². The lowest BCUT2D eigenvalue weighted by Gasteiger charge is -2.09. The van der Waals surface area contributed by atoms with Crippen LogP contribution in [0.15, 0.2) is 42.5 Å². The number of hydrogen-bond acceptors (Lipinski definition) is 6. The third-order valence-corrected chi connectivity index (χ3v) is 4.11. The molecule has 152 valence electrons. The van der Waals surface area contributed by atoms with Crippen LogP contribution >= 0.6 is 0 Å². The number of nitro groups is 1. The summed E-state index contributed by atoms with van der Waals surface area (Å²) in [6.45, 7) is 3.47. The molecule has 9 nitrogen and oxygen atoms in total. The van der Waals surface area contributed by atoms with E-state index < -0.39 is 29.3 Å². The fraction of sp³-hybridized carbons (Fsp3) is 0.250. The first kappa shape index (κ1) is 21.5. The van der Waals surface area contributed by atoms with E-state index in [0.29, 0.717) is 5.69 Å². The van der Waals surface area contributed by atoms with Gasteiger partial charge >= 0.3 is 5.97 Å². The number of carbonyl (C=O) groups excluding carboxylic acids is 3.